The normalized spacial score (nSPS) is 24.5. The maximum atomic E-state index is 14.9. The Labute approximate surface area is 184 Å². The predicted octanol–water partition coefficient (Wildman–Crippen LogP) is 2.28. The van der Waals surface area contributed by atoms with Gasteiger partial charge in [-0.1, -0.05) is 6.07 Å². The molecule has 9 heteroatoms. The fourth-order valence-corrected chi connectivity index (χ4v) is 4.70. The van der Waals surface area contributed by atoms with Gasteiger partial charge < -0.3 is 19.9 Å². The lowest BCUT2D eigenvalue weighted by molar-refractivity contribution is 0.176. The SMILES string of the molecule is CN(c1cnc(-c2ccc(-c3ccn(C)c(=O)c3)cc2O)nn1)[C@H]1C[C@@H]2CC[C@@H](N2)[C@H]1F. The summed E-state index contributed by atoms with van der Waals surface area (Å²) in [7, 11) is 3.51. The summed E-state index contributed by atoms with van der Waals surface area (Å²) in [5, 5.41) is 22.3. The zero-order chi connectivity index (χ0) is 22.4. The Bertz CT molecular complexity index is 1200. The molecule has 2 fully saturated rings. The maximum absolute atomic E-state index is 14.9. The second-order valence-electron chi connectivity index (χ2n) is 8.64. The molecule has 4 heterocycles. The number of halogens is 1. The molecule has 2 aromatic heterocycles. The van der Waals surface area contributed by atoms with Crippen LogP contribution in [0, 0.1) is 0 Å². The van der Waals surface area contributed by atoms with Crippen molar-refractivity contribution in [2.75, 3.05) is 11.9 Å². The number of nitrogens with zero attached hydrogens (tertiary/aromatic N) is 5. The molecule has 2 bridgehead atoms. The van der Waals surface area contributed by atoms with Crippen LogP contribution < -0.4 is 15.8 Å². The number of benzene rings is 1. The number of phenolic OH excluding ortho intramolecular Hbond substituents is 1. The molecule has 0 aliphatic carbocycles. The van der Waals surface area contributed by atoms with Crippen molar-refractivity contribution in [3.05, 3.63) is 53.1 Å². The summed E-state index contributed by atoms with van der Waals surface area (Å²) in [5.41, 5.74) is 1.73. The van der Waals surface area contributed by atoms with Crippen LogP contribution in [0.5, 0.6) is 5.75 Å². The fourth-order valence-electron chi connectivity index (χ4n) is 4.70. The summed E-state index contributed by atoms with van der Waals surface area (Å²) >= 11 is 0. The minimum atomic E-state index is -0.966. The molecule has 166 valence electrons. The van der Waals surface area contributed by atoms with Gasteiger partial charge in [-0.05, 0) is 48.6 Å². The van der Waals surface area contributed by atoms with Gasteiger partial charge in [0.1, 0.15) is 11.9 Å². The van der Waals surface area contributed by atoms with Crippen molar-refractivity contribution < 1.29 is 9.50 Å². The molecule has 1 aromatic carbocycles. The summed E-state index contributed by atoms with van der Waals surface area (Å²) in [4.78, 5) is 18.1. The molecule has 0 radical (unpaired) electrons. The molecule has 0 amide bonds. The average molecular weight is 436 g/mol. The highest BCUT2D eigenvalue weighted by molar-refractivity contribution is 5.72. The number of alkyl halides is 1. The first-order chi connectivity index (χ1) is 15.4. The van der Waals surface area contributed by atoms with Crippen LogP contribution in [0.1, 0.15) is 19.3 Å². The van der Waals surface area contributed by atoms with Crippen molar-refractivity contribution in [3.8, 4) is 28.3 Å². The van der Waals surface area contributed by atoms with Gasteiger partial charge in [0.05, 0.1) is 17.8 Å². The Balaban J connectivity index is 1.37. The van der Waals surface area contributed by atoms with Crippen LogP contribution in [0.25, 0.3) is 22.5 Å². The molecule has 5 rings (SSSR count). The smallest absolute Gasteiger partial charge is 0.250 e. The second-order valence-corrected chi connectivity index (χ2v) is 8.64. The minimum Gasteiger partial charge on any atom is -0.507 e. The van der Waals surface area contributed by atoms with Crippen LogP contribution in [0.2, 0.25) is 0 Å². The van der Waals surface area contributed by atoms with E-state index in [1.54, 1.807) is 37.6 Å². The highest BCUT2D eigenvalue weighted by Crippen LogP contribution is 2.34. The number of pyridine rings is 1. The van der Waals surface area contributed by atoms with Crippen molar-refractivity contribution in [2.24, 2.45) is 7.05 Å². The number of nitrogens with one attached hydrogen (secondary N) is 1. The first kappa shape index (κ1) is 20.6. The van der Waals surface area contributed by atoms with Gasteiger partial charge in [0.25, 0.3) is 5.56 Å². The Morgan fingerprint density at radius 3 is 2.72 bits per heavy atom. The number of aromatic hydroxyl groups is 1. The molecular formula is C23H25FN6O2. The monoisotopic (exact) mass is 436 g/mol. The molecular weight excluding hydrogens is 411 g/mol. The Morgan fingerprint density at radius 2 is 2.00 bits per heavy atom. The van der Waals surface area contributed by atoms with Crippen molar-refractivity contribution >= 4 is 5.82 Å². The number of hydrogen-bond acceptors (Lipinski definition) is 7. The highest BCUT2D eigenvalue weighted by atomic mass is 19.1. The lowest BCUT2D eigenvalue weighted by Crippen LogP contribution is -2.55. The van der Waals surface area contributed by atoms with E-state index in [1.807, 2.05) is 18.0 Å². The predicted molar refractivity (Wildman–Crippen MR) is 119 cm³/mol. The van der Waals surface area contributed by atoms with Crippen LogP contribution in [-0.4, -0.2) is 56.2 Å². The highest BCUT2D eigenvalue weighted by Gasteiger charge is 2.43. The van der Waals surface area contributed by atoms with E-state index in [4.69, 9.17) is 0 Å². The molecule has 4 atom stereocenters. The molecule has 3 aromatic rings. The van der Waals surface area contributed by atoms with Crippen LogP contribution in [0.15, 0.2) is 47.5 Å². The van der Waals surface area contributed by atoms with E-state index in [1.165, 1.54) is 10.6 Å². The van der Waals surface area contributed by atoms with E-state index in [-0.39, 0.29) is 29.2 Å². The molecule has 0 unspecified atom stereocenters. The summed E-state index contributed by atoms with van der Waals surface area (Å²) in [6, 6.07) is 8.39. The van der Waals surface area contributed by atoms with E-state index in [0.717, 1.165) is 19.3 Å². The van der Waals surface area contributed by atoms with E-state index >= 15 is 0 Å². The number of piperidine rings is 1. The van der Waals surface area contributed by atoms with Crippen molar-refractivity contribution in [2.45, 2.75) is 43.6 Å². The Hall–Kier alpha value is -3.33. The number of phenols is 1. The van der Waals surface area contributed by atoms with E-state index in [2.05, 4.69) is 20.5 Å². The third-order valence-corrected chi connectivity index (χ3v) is 6.64. The second kappa shape index (κ2) is 7.98. The molecule has 0 spiro atoms. The number of hydrogen-bond donors (Lipinski definition) is 2. The van der Waals surface area contributed by atoms with Gasteiger partial charge in [0, 0.05) is 38.4 Å². The average Bonchev–Trinajstić information content (AvgIpc) is 3.21. The summed E-state index contributed by atoms with van der Waals surface area (Å²) in [6.07, 6.45) is 4.87. The van der Waals surface area contributed by atoms with Gasteiger partial charge >= 0.3 is 0 Å². The van der Waals surface area contributed by atoms with Gasteiger partial charge in [-0.2, -0.15) is 0 Å². The fraction of sp³-hybridized carbons (Fsp3) is 0.391. The number of aryl methyl sites for hydroxylation is 1. The summed E-state index contributed by atoms with van der Waals surface area (Å²) < 4.78 is 16.4. The summed E-state index contributed by atoms with van der Waals surface area (Å²) in [6.45, 7) is 0. The standard InChI is InChI=1S/C23H25FN6O2/c1-29-8-7-14(10-21(29)32)13-3-5-16(19(31)9-13)23-25-12-20(27-28-23)30(2)18-11-15-4-6-17(26-15)22(18)24/h3,5,7-10,12,15,17-18,22,26,31H,4,6,11H2,1-2H3/t15-,17+,18-,22+/m0/s1. The van der Waals surface area contributed by atoms with Crippen LogP contribution in [-0.2, 0) is 7.05 Å². The van der Waals surface area contributed by atoms with E-state index in [0.29, 0.717) is 28.6 Å². The topological polar surface area (TPSA) is 96.2 Å². The molecule has 8 nitrogen and oxygen atoms in total. The van der Waals surface area contributed by atoms with E-state index in [9.17, 15) is 14.3 Å². The van der Waals surface area contributed by atoms with Gasteiger partial charge in [-0.15, -0.1) is 10.2 Å². The molecule has 2 aliphatic rings. The first-order valence-corrected chi connectivity index (χ1v) is 10.7. The van der Waals surface area contributed by atoms with Crippen LogP contribution >= 0.6 is 0 Å². The molecule has 32 heavy (non-hydrogen) atoms. The first-order valence-electron chi connectivity index (χ1n) is 10.7. The van der Waals surface area contributed by atoms with E-state index < -0.39 is 6.17 Å². The van der Waals surface area contributed by atoms with Gasteiger partial charge in [-0.25, -0.2) is 9.37 Å². The van der Waals surface area contributed by atoms with Gasteiger partial charge in [0.2, 0.25) is 0 Å². The number of fused-ring (bicyclic) bond motifs is 2. The Kier molecular flexibility index (Phi) is 5.13. The largest absolute Gasteiger partial charge is 0.507 e. The number of anilines is 1. The number of aromatic nitrogens is 4. The Morgan fingerprint density at radius 1 is 1.19 bits per heavy atom. The molecule has 2 aliphatic heterocycles. The zero-order valence-electron chi connectivity index (χ0n) is 17.9. The molecule has 2 saturated heterocycles. The van der Waals surface area contributed by atoms with Crippen molar-refractivity contribution in [1.29, 1.82) is 0 Å². The van der Waals surface area contributed by atoms with Crippen molar-refractivity contribution in [1.82, 2.24) is 25.1 Å². The van der Waals surface area contributed by atoms with Gasteiger partial charge in [-0.3, -0.25) is 4.79 Å². The molecule has 2 N–H and O–H groups in total. The lowest BCUT2D eigenvalue weighted by atomic mass is 9.96. The lowest BCUT2D eigenvalue weighted by Gasteiger charge is -2.38. The third kappa shape index (κ3) is 3.62. The van der Waals surface area contributed by atoms with Crippen molar-refractivity contribution in [3.63, 3.8) is 0 Å². The molecule has 0 saturated carbocycles. The zero-order valence-corrected chi connectivity index (χ0v) is 17.9. The third-order valence-electron chi connectivity index (χ3n) is 6.64. The summed E-state index contributed by atoms with van der Waals surface area (Å²) in [5.74, 6) is 0.765. The minimum absolute atomic E-state index is 0.00941. The quantitative estimate of drug-likeness (QED) is 0.648. The number of rotatable bonds is 4. The van der Waals surface area contributed by atoms with Crippen LogP contribution in [0.3, 0.4) is 0 Å². The van der Waals surface area contributed by atoms with Crippen LogP contribution in [0.4, 0.5) is 10.2 Å². The maximum Gasteiger partial charge on any atom is 0.250 e. The van der Waals surface area contributed by atoms with Gasteiger partial charge in [0.15, 0.2) is 11.6 Å².